The van der Waals surface area contributed by atoms with E-state index in [-0.39, 0.29) is 42.5 Å². The highest BCUT2D eigenvalue weighted by molar-refractivity contribution is 5.93. The van der Waals surface area contributed by atoms with Gasteiger partial charge in [-0.1, -0.05) is 44.4 Å². The van der Waals surface area contributed by atoms with Crippen LogP contribution in [-0.4, -0.2) is 57.5 Å². The van der Waals surface area contributed by atoms with Crippen molar-refractivity contribution in [1.82, 2.24) is 15.5 Å². The number of para-hydroxylation sites is 1. The quantitative estimate of drug-likeness (QED) is 0.364. The molecule has 3 rings (SSSR count). The monoisotopic (exact) mass is 530 g/mol. The summed E-state index contributed by atoms with van der Waals surface area (Å²) in [5, 5.41) is 16.5. The lowest BCUT2D eigenvalue weighted by atomic mass is 9.94. The normalized spacial score (nSPS) is 21.1. The Labute approximate surface area is 224 Å². The van der Waals surface area contributed by atoms with E-state index in [0.29, 0.717) is 12.0 Å². The fourth-order valence-corrected chi connectivity index (χ4v) is 5.01. The van der Waals surface area contributed by atoms with Crippen molar-refractivity contribution in [3.05, 3.63) is 29.8 Å². The number of nitrogens with zero attached hydrogens (tertiary/aromatic N) is 1. The molecule has 0 aliphatic heterocycles. The second-order valence-electron chi connectivity index (χ2n) is 11.5. The summed E-state index contributed by atoms with van der Waals surface area (Å²) in [4.78, 5) is 53.7. The van der Waals surface area contributed by atoms with Crippen LogP contribution in [0.25, 0.3) is 0 Å². The van der Waals surface area contributed by atoms with E-state index in [2.05, 4.69) is 10.6 Å². The van der Waals surface area contributed by atoms with Gasteiger partial charge in [0.2, 0.25) is 17.7 Å². The van der Waals surface area contributed by atoms with Crippen molar-refractivity contribution in [3.8, 4) is 5.75 Å². The molecule has 210 valence electrons. The van der Waals surface area contributed by atoms with E-state index in [1.54, 1.807) is 39.0 Å². The molecule has 4 atom stereocenters. The van der Waals surface area contributed by atoms with Gasteiger partial charge in [0.15, 0.2) is 0 Å². The number of hydrogen-bond acceptors (Lipinski definition) is 6. The number of carbonyl (C=O) groups is 4. The van der Waals surface area contributed by atoms with Crippen LogP contribution in [0.3, 0.4) is 0 Å². The number of ether oxygens (including phenoxy) is 1. The van der Waals surface area contributed by atoms with Crippen molar-refractivity contribution < 1.29 is 29.0 Å². The zero-order chi connectivity index (χ0) is 28.0. The average molecular weight is 531 g/mol. The highest BCUT2D eigenvalue weighted by atomic mass is 16.6. The summed E-state index contributed by atoms with van der Waals surface area (Å²) < 4.78 is 5.36. The van der Waals surface area contributed by atoms with E-state index in [1.165, 1.54) is 11.0 Å². The van der Waals surface area contributed by atoms with E-state index >= 15 is 0 Å². The lowest BCUT2D eigenvalue weighted by molar-refractivity contribution is -0.144. The number of rotatable bonds is 10. The maximum atomic E-state index is 14.1. The summed E-state index contributed by atoms with van der Waals surface area (Å²) in [6, 6.07) is 3.92. The maximum Gasteiger partial charge on any atom is 0.408 e. The molecule has 1 aromatic rings. The highest BCUT2D eigenvalue weighted by Gasteiger charge is 2.49. The molecule has 2 aliphatic rings. The van der Waals surface area contributed by atoms with E-state index in [9.17, 15) is 24.3 Å². The molecule has 0 heterocycles. The van der Waals surface area contributed by atoms with Crippen molar-refractivity contribution in [2.45, 2.75) is 109 Å². The molecule has 1 aromatic carbocycles. The molecule has 2 fully saturated rings. The van der Waals surface area contributed by atoms with Crippen LogP contribution < -0.4 is 16.4 Å². The van der Waals surface area contributed by atoms with Gasteiger partial charge in [-0.25, -0.2) is 4.79 Å². The van der Waals surface area contributed by atoms with Crippen LogP contribution >= 0.6 is 0 Å². The van der Waals surface area contributed by atoms with Gasteiger partial charge >= 0.3 is 6.09 Å². The molecule has 10 heteroatoms. The number of alkyl carbamates (subject to hydrolysis) is 1. The van der Waals surface area contributed by atoms with E-state index in [4.69, 9.17) is 10.5 Å². The topological polar surface area (TPSA) is 151 Å². The standard InChI is InChI=1S/C28H42N4O6/c1-17-16-21(17)32(26(36)20(14-15-23(29)34)31-27(37)38-28(2,3)4)24(19-12-8-9-13-22(19)33)25(35)30-18-10-6-5-7-11-18/h8-9,12-13,17-18,20-21,24,33H,5-7,10-11,14-16H2,1-4H3,(H2,29,34)(H,30,35)(H,31,37). The predicted octanol–water partition coefficient (Wildman–Crippen LogP) is 3.28. The number of benzene rings is 1. The van der Waals surface area contributed by atoms with Crippen molar-refractivity contribution in [2.24, 2.45) is 11.7 Å². The lowest BCUT2D eigenvalue weighted by Gasteiger charge is -2.36. The summed E-state index contributed by atoms with van der Waals surface area (Å²) in [5.41, 5.74) is 4.87. The van der Waals surface area contributed by atoms with Crippen LogP contribution in [0.1, 0.15) is 90.7 Å². The zero-order valence-electron chi connectivity index (χ0n) is 22.9. The maximum absolute atomic E-state index is 14.1. The molecule has 0 radical (unpaired) electrons. The second-order valence-corrected chi connectivity index (χ2v) is 11.5. The van der Waals surface area contributed by atoms with Crippen molar-refractivity contribution >= 4 is 23.8 Å². The number of phenols is 1. The van der Waals surface area contributed by atoms with Gasteiger partial charge in [0, 0.05) is 24.1 Å². The molecule has 4 unspecified atom stereocenters. The number of amides is 4. The SMILES string of the molecule is CC1CC1N(C(=O)C(CCC(N)=O)NC(=O)OC(C)(C)C)C(C(=O)NC1CCCCC1)c1ccccc1O. The first-order chi connectivity index (χ1) is 17.9. The molecular formula is C28H42N4O6. The van der Waals surface area contributed by atoms with Crippen LogP contribution in [0.2, 0.25) is 0 Å². The number of carbonyl (C=O) groups excluding carboxylic acids is 4. The minimum Gasteiger partial charge on any atom is -0.508 e. The molecule has 4 amide bonds. The third kappa shape index (κ3) is 8.10. The van der Waals surface area contributed by atoms with Crippen LogP contribution in [-0.2, 0) is 19.1 Å². The Hall–Kier alpha value is -3.30. The number of primary amides is 1. The first kappa shape index (κ1) is 29.3. The Bertz CT molecular complexity index is 1020. The first-order valence-electron chi connectivity index (χ1n) is 13.6. The van der Waals surface area contributed by atoms with Gasteiger partial charge in [-0.15, -0.1) is 0 Å². The first-order valence-corrected chi connectivity index (χ1v) is 13.6. The van der Waals surface area contributed by atoms with Crippen LogP contribution in [0.15, 0.2) is 24.3 Å². The Morgan fingerprint density at radius 1 is 1.13 bits per heavy atom. The molecule has 0 spiro atoms. The molecule has 0 aromatic heterocycles. The van der Waals surface area contributed by atoms with Gasteiger partial charge < -0.3 is 31.1 Å². The smallest absolute Gasteiger partial charge is 0.408 e. The fourth-order valence-electron chi connectivity index (χ4n) is 5.01. The average Bonchev–Trinajstić information content (AvgIpc) is 3.55. The molecule has 5 N–H and O–H groups in total. The highest BCUT2D eigenvalue weighted by Crippen LogP contribution is 2.42. The molecule has 2 saturated carbocycles. The number of hydrogen-bond donors (Lipinski definition) is 4. The van der Waals surface area contributed by atoms with Crippen LogP contribution in [0.5, 0.6) is 5.75 Å². The largest absolute Gasteiger partial charge is 0.508 e. The van der Waals surface area contributed by atoms with Gasteiger partial charge in [0.1, 0.15) is 23.4 Å². The Morgan fingerprint density at radius 2 is 1.76 bits per heavy atom. The van der Waals surface area contributed by atoms with Gasteiger partial charge in [-0.05, 0) is 58.4 Å². The molecule has 38 heavy (non-hydrogen) atoms. The fraction of sp³-hybridized carbons (Fsp3) is 0.643. The second kappa shape index (κ2) is 12.5. The molecular weight excluding hydrogens is 488 g/mol. The number of nitrogens with two attached hydrogens (primary N) is 1. The van der Waals surface area contributed by atoms with E-state index < -0.39 is 35.6 Å². The summed E-state index contributed by atoms with van der Waals surface area (Å²) in [6.45, 7) is 7.09. The number of aromatic hydroxyl groups is 1. The summed E-state index contributed by atoms with van der Waals surface area (Å²) in [7, 11) is 0. The van der Waals surface area contributed by atoms with E-state index in [0.717, 1.165) is 32.1 Å². The van der Waals surface area contributed by atoms with Crippen LogP contribution in [0, 0.1) is 5.92 Å². The third-order valence-corrected chi connectivity index (χ3v) is 7.06. The van der Waals surface area contributed by atoms with Gasteiger partial charge in [0.05, 0.1) is 0 Å². The Morgan fingerprint density at radius 3 is 2.32 bits per heavy atom. The minimum atomic E-state index is -1.15. The molecule has 10 nitrogen and oxygen atoms in total. The number of phenolic OH excluding ortho intramolecular Hbond substituents is 1. The molecule has 0 saturated heterocycles. The number of nitrogens with one attached hydrogen (secondary N) is 2. The van der Waals surface area contributed by atoms with Crippen molar-refractivity contribution in [2.75, 3.05) is 0 Å². The predicted molar refractivity (Wildman–Crippen MR) is 142 cm³/mol. The third-order valence-electron chi connectivity index (χ3n) is 7.06. The van der Waals surface area contributed by atoms with Crippen LogP contribution in [0.4, 0.5) is 4.79 Å². The van der Waals surface area contributed by atoms with Gasteiger partial charge in [0.25, 0.3) is 0 Å². The Balaban J connectivity index is 1.97. The summed E-state index contributed by atoms with van der Waals surface area (Å²) in [5.74, 6) is -1.51. The van der Waals surface area contributed by atoms with Crippen molar-refractivity contribution in [3.63, 3.8) is 0 Å². The molecule has 0 bridgehead atoms. The van der Waals surface area contributed by atoms with Crippen molar-refractivity contribution in [1.29, 1.82) is 0 Å². The molecule has 2 aliphatic carbocycles. The lowest BCUT2D eigenvalue weighted by Crippen LogP contribution is -2.55. The zero-order valence-corrected chi connectivity index (χ0v) is 22.9. The van der Waals surface area contributed by atoms with E-state index in [1.807, 2.05) is 6.92 Å². The van der Waals surface area contributed by atoms with Gasteiger partial charge in [-0.2, -0.15) is 0 Å². The minimum absolute atomic E-state index is 0.0104. The Kier molecular flexibility index (Phi) is 9.62. The summed E-state index contributed by atoms with van der Waals surface area (Å²) >= 11 is 0. The summed E-state index contributed by atoms with van der Waals surface area (Å²) in [6.07, 6.45) is 4.53. The van der Waals surface area contributed by atoms with Gasteiger partial charge in [-0.3, -0.25) is 14.4 Å².